The molecule has 1 aliphatic carbocycles. The Morgan fingerprint density at radius 2 is 2.22 bits per heavy atom. The Morgan fingerprint density at radius 1 is 1.44 bits per heavy atom. The number of halogens is 1. The van der Waals surface area contributed by atoms with E-state index in [1.54, 1.807) is 0 Å². The van der Waals surface area contributed by atoms with Gasteiger partial charge in [-0.15, -0.1) is 0 Å². The van der Waals surface area contributed by atoms with Gasteiger partial charge in [-0.25, -0.2) is 13.1 Å². The van der Waals surface area contributed by atoms with Gasteiger partial charge >= 0.3 is 0 Å². The summed E-state index contributed by atoms with van der Waals surface area (Å²) in [4.78, 5) is 3.81. The van der Waals surface area contributed by atoms with Crippen molar-refractivity contribution in [2.45, 2.75) is 17.7 Å². The summed E-state index contributed by atoms with van der Waals surface area (Å²) in [5.74, 6) is 0.679. The van der Waals surface area contributed by atoms with Crippen LogP contribution >= 0.6 is 11.6 Å². The van der Waals surface area contributed by atoms with Gasteiger partial charge in [-0.05, 0) is 24.8 Å². The molecule has 1 aromatic heterocycles. The maximum atomic E-state index is 11.8. The molecule has 1 saturated carbocycles. The molecule has 0 radical (unpaired) electrons. The van der Waals surface area contributed by atoms with Gasteiger partial charge in [0.1, 0.15) is 4.90 Å². The van der Waals surface area contributed by atoms with Crippen molar-refractivity contribution >= 4 is 21.6 Å². The van der Waals surface area contributed by atoms with Gasteiger partial charge in [0.15, 0.2) is 0 Å². The number of aromatic nitrogens is 1. The van der Waals surface area contributed by atoms with Crippen molar-refractivity contribution in [3.8, 4) is 0 Å². The summed E-state index contributed by atoms with van der Waals surface area (Å²) in [6.07, 6.45) is 5.10. The second-order valence-corrected chi connectivity index (χ2v) is 6.46. The highest BCUT2D eigenvalue weighted by atomic mass is 35.5. The van der Waals surface area contributed by atoms with E-state index in [0.29, 0.717) is 17.5 Å². The van der Waals surface area contributed by atoms with E-state index >= 15 is 0 Å². The number of hydrogen-bond acceptors (Lipinski definition) is 4. The first-order valence-electron chi connectivity index (χ1n) is 5.76. The van der Waals surface area contributed by atoms with Crippen LogP contribution in [0.15, 0.2) is 23.4 Å². The predicted octanol–water partition coefficient (Wildman–Crippen LogP) is 1.44. The molecule has 0 aliphatic heterocycles. The van der Waals surface area contributed by atoms with Crippen LogP contribution in [0.1, 0.15) is 12.8 Å². The van der Waals surface area contributed by atoms with Gasteiger partial charge in [-0.3, -0.25) is 4.98 Å². The Morgan fingerprint density at radius 3 is 2.89 bits per heavy atom. The van der Waals surface area contributed by atoms with E-state index < -0.39 is 10.0 Å². The zero-order valence-corrected chi connectivity index (χ0v) is 11.4. The molecule has 0 unspecified atom stereocenters. The van der Waals surface area contributed by atoms with Crippen LogP contribution in [0.4, 0.5) is 0 Å². The summed E-state index contributed by atoms with van der Waals surface area (Å²) < 4.78 is 31.4. The third kappa shape index (κ3) is 4.20. The number of hydrogen-bond donors (Lipinski definition) is 1. The fourth-order valence-corrected chi connectivity index (χ4v) is 2.64. The maximum absolute atomic E-state index is 11.8. The monoisotopic (exact) mass is 290 g/mol. The SMILES string of the molecule is O=S(=O)(NCCOCC1CC1)c1cncc(Cl)c1. The van der Waals surface area contributed by atoms with Crippen LogP contribution < -0.4 is 4.72 Å². The Labute approximate surface area is 112 Å². The van der Waals surface area contributed by atoms with Gasteiger partial charge in [0.05, 0.1) is 11.6 Å². The molecule has 1 heterocycles. The fourth-order valence-electron chi connectivity index (χ4n) is 1.41. The summed E-state index contributed by atoms with van der Waals surface area (Å²) in [6.45, 7) is 1.35. The highest BCUT2D eigenvalue weighted by Gasteiger charge is 2.21. The summed E-state index contributed by atoms with van der Waals surface area (Å²) in [7, 11) is -3.54. The molecule has 0 saturated heterocycles. The van der Waals surface area contributed by atoms with E-state index in [1.165, 1.54) is 31.3 Å². The lowest BCUT2D eigenvalue weighted by molar-refractivity contribution is 0.129. The van der Waals surface area contributed by atoms with Crippen molar-refractivity contribution < 1.29 is 13.2 Å². The number of nitrogens with one attached hydrogen (secondary N) is 1. The molecule has 0 atom stereocenters. The largest absolute Gasteiger partial charge is 0.380 e. The van der Waals surface area contributed by atoms with E-state index in [1.807, 2.05) is 0 Å². The third-order valence-electron chi connectivity index (χ3n) is 2.58. The number of sulfonamides is 1. The van der Waals surface area contributed by atoms with Crippen molar-refractivity contribution in [1.29, 1.82) is 0 Å². The molecule has 1 N–H and O–H groups in total. The van der Waals surface area contributed by atoms with Gasteiger partial charge < -0.3 is 4.74 Å². The van der Waals surface area contributed by atoms with E-state index in [9.17, 15) is 8.42 Å². The van der Waals surface area contributed by atoms with Crippen LogP contribution in [0.2, 0.25) is 5.02 Å². The molecular formula is C11H15ClN2O3S. The molecule has 7 heteroatoms. The topological polar surface area (TPSA) is 68.3 Å². The Hall–Kier alpha value is -0.690. The highest BCUT2D eigenvalue weighted by Crippen LogP contribution is 2.28. The van der Waals surface area contributed by atoms with Crippen molar-refractivity contribution in [1.82, 2.24) is 9.71 Å². The zero-order chi connectivity index (χ0) is 13.0. The van der Waals surface area contributed by atoms with Crippen molar-refractivity contribution in [2.24, 2.45) is 5.92 Å². The van der Waals surface area contributed by atoms with Crippen LogP contribution in [0.25, 0.3) is 0 Å². The van der Waals surface area contributed by atoms with E-state index in [0.717, 1.165) is 6.61 Å². The minimum atomic E-state index is -3.54. The number of ether oxygens (including phenoxy) is 1. The molecule has 1 fully saturated rings. The Kier molecular flexibility index (Phi) is 4.55. The summed E-state index contributed by atoms with van der Waals surface area (Å²) in [6, 6.07) is 1.36. The molecule has 0 spiro atoms. The van der Waals surface area contributed by atoms with Gasteiger partial charge in [0.25, 0.3) is 0 Å². The van der Waals surface area contributed by atoms with Gasteiger partial charge in [0.2, 0.25) is 10.0 Å². The number of rotatable bonds is 7. The first kappa shape index (κ1) is 13.7. The standard InChI is InChI=1S/C11H15ClN2O3S/c12-10-5-11(7-13-6-10)18(15,16)14-3-4-17-8-9-1-2-9/h5-7,9,14H,1-4,8H2. The average Bonchev–Trinajstić information content (AvgIpc) is 3.12. The summed E-state index contributed by atoms with van der Waals surface area (Å²) in [5.41, 5.74) is 0. The zero-order valence-electron chi connectivity index (χ0n) is 9.80. The smallest absolute Gasteiger partial charge is 0.242 e. The molecule has 0 amide bonds. The minimum Gasteiger partial charge on any atom is -0.380 e. The first-order valence-corrected chi connectivity index (χ1v) is 7.62. The minimum absolute atomic E-state index is 0.0668. The molecule has 1 aromatic rings. The fraction of sp³-hybridized carbons (Fsp3) is 0.545. The Bertz CT molecular complexity index is 503. The molecule has 18 heavy (non-hydrogen) atoms. The normalized spacial score (nSPS) is 15.8. The molecule has 0 bridgehead atoms. The van der Waals surface area contributed by atoms with E-state index in [4.69, 9.17) is 16.3 Å². The molecule has 1 aliphatic rings. The molecular weight excluding hydrogens is 276 g/mol. The van der Waals surface area contributed by atoms with E-state index in [-0.39, 0.29) is 11.4 Å². The van der Waals surface area contributed by atoms with Gasteiger partial charge in [0, 0.05) is 25.5 Å². The lowest BCUT2D eigenvalue weighted by Gasteiger charge is -2.07. The van der Waals surface area contributed by atoms with Crippen LogP contribution in [0.5, 0.6) is 0 Å². The second-order valence-electron chi connectivity index (χ2n) is 4.25. The maximum Gasteiger partial charge on any atom is 0.242 e. The van der Waals surface area contributed by atoms with Crippen molar-refractivity contribution in [3.63, 3.8) is 0 Å². The molecule has 0 aromatic carbocycles. The van der Waals surface area contributed by atoms with Crippen LogP contribution in [0.3, 0.4) is 0 Å². The second kappa shape index (κ2) is 5.97. The van der Waals surface area contributed by atoms with Crippen LogP contribution in [0, 0.1) is 5.92 Å². The molecule has 100 valence electrons. The van der Waals surface area contributed by atoms with Crippen molar-refractivity contribution in [3.05, 3.63) is 23.5 Å². The van der Waals surface area contributed by atoms with E-state index in [2.05, 4.69) is 9.71 Å². The van der Waals surface area contributed by atoms with Gasteiger partial charge in [-0.2, -0.15) is 0 Å². The molecule has 2 rings (SSSR count). The predicted molar refractivity (Wildman–Crippen MR) is 68.0 cm³/mol. The third-order valence-corrected chi connectivity index (χ3v) is 4.21. The number of pyridine rings is 1. The number of nitrogens with zero attached hydrogens (tertiary/aromatic N) is 1. The lowest BCUT2D eigenvalue weighted by Crippen LogP contribution is -2.27. The average molecular weight is 291 g/mol. The van der Waals surface area contributed by atoms with Crippen LogP contribution in [-0.2, 0) is 14.8 Å². The Balaban J connectivity index is 1.79. The highest BCUT2D eigenvalue weighted by molar-refractivity contribution is 7.89. The lowest BCUT2D eigenvalue weighted by atomic mass is 10.5. The van der Waals surface area contributed by atoms with Crippen LogP contribution in [-0.4, -0.2) is 33.2 Å². The molecule has 5 nitrogen and oxygen atoms in total. The summed E-state index contributed by atoms with van der Waals surface area (Å²) >= 11 is 5.70. The first-order chi connectivity index (χ1) is 8.58. The van der Waals surface area contributed by atoms with Crippen molar-refractivity contribution in [2.75, 3.05) is 19.8 Å². The summed E-state index contributed by atoms with van der Waals surface area (Å²) in [5, 5.41) is 0.294. The quantitative estimate of drug-likeness (QED) is 0.772. The van der Waals surface area contributed by atoms with Gasteiger partial charge in [-0.1, -0.05) is 11.6 Å².